The Morgan fingerprint density at radius 2 is 2.19 bits per heavy atom. The molecule has 3 atom stereocenters. The van der Waals surface area contributed by atoms with Gasteiger partial charge in [-0.25, -0.2) is 4.79 Å². The minimum absolute atomic E-state index is 0.135. The Morgan fingerprint density at radius 3 is 2.69 bits per heavy atom. The summed E-state index contributed by atoms with van der Waals surface area (Å²) in [6.45, 7) is 7.58. The molecule has 1 heterocycles. The van der Waals surface area contributed by atoms with Gasteiger partial charge in [0.25, 0.3) is 0 Å². The number of rotatable bonds is 4. The maximum atomic E-state index is 11.8. The Bertz CT molecular complexity index is 235. The molecule has 1 saturated heterocycles. The first-order valence-corrected chi connectivity index (χ1v) is 7.40. The highest BCUT2D eigenvalue weighted by Crippen LogP contribution is 2.34. The van der Waals surface area contributed by atoms with Gasteiger partial charge in [-0.15, -0.1) is 0 Å². The molecule has 0 aromatic heterocycles. The fourth-order valence-corrected chi connectivity index (χ4v) is 3.37. The van der Waals surface area contributed by atoms with Crippen LogP contribution in [0.1, 0.15) is 33.6 Å². The molecular formula is C12H23NO2S. The SMILES string of the molecule is CCC[C@H]1[C@@H](C)C(SC)CN1C(=O)OCC. The molecule has 1 fully saturated rings. The van der Waals surface area contributed by atoms with Crippen LogP contribution in [0.3, 0.4) is 0 Å². The van der Waals surface area contributed by atoms with Gasteiger partial charge in [0, 0.05) is 17.8 Å². The minimum Gasteiger partial charge on any atom is -0.450 e. The number of thioether (sulfide) groups is 1. The fraction of sp³-hybridized carbons (Fsp3) is 0.917. The van der Waals surface area contributed by atoms with Crippen LogP contribution in [0.4, 0.5) is 4.79 Å². The molecule has 1 aliphatic heterocycles. The molecule has 0 bridgehead atoms. The zero-order valence-electron chi connectivity index (χ0n) is 10.7. The number of carbonyl (C=O) groups is 1. The van der Waals surface area contributed by atoms with Gasteiger partial charge in [0.1, 0.15) is 0 Å². The van der Waals surface area contributed by atoms with Gasteiger partial charge in [-0.1, -0.05) is 20.3 Å². The molecule has 16 heavy (non-hydrogen) atoms. The lowest BCUT2D eigenvalue weighted by Gasteiger charge is -2.25. The highest BCUT2D eigenvalue weighted by atomic mass is 32.2. The van der Waals surface area contributed by atoms with Gasteiger partial charge in [0.15, 0.2) is 0 Å². The van der Waals surface area contributed by atoms with Gasteiger partial charge >= 0.3 is 6.09 Å². The molecule has 0 aliphatic carbocycles. The number of carbonyl (C=O) groups excluding carboxylic acids is 1. The molecule has 0 aromatic carbocycles. The van der Waals surface area contributed by atoms with Crippen LogP contribution in [-0.2, 0) is 4.74 Å². The second-order valence-corrected chi connectivity index (χ2v) is 5.42. The first-order valence-electron chi connectivity index (χ1n) is 6.11. The molecule has 3 nitrogen and oxygen atoms in total. The van der Waals surface area contributed by atoms with E-state index in [0.29, 0.717) is 23.8 Å². The second-order valence-electron chi connectivity index (χ2n) is 4.34. The van der Waals surface area contributed by atoms with Crippen molar-refractivity contribution in [2.75, 3.05) is 19.4 Å². The average Bonchev–Trinajstić information content (AvgIpc) is 2.57. The van der Waals surface area contributed by atoms with E-state index in [9.17, 15) is 4.79 Å². The standard InChI is InChI=1S/C12H23NO2S/c1-5-7-10-9(3)11(16-4)8-13(10)12(14)15-6-2/h9-11H,5-8H2,1-4H3/t9-,10+,11?/m1/s1. The van der Waals surface area contributed by atoms with E-state index in [1.807, 2.05) is 23.6 Å². The van der Waals surface area contributed by atoms with E-state index in [0.717, 1.165) is 19.4 Å². The van der Waals surface area contributed by atoms with Gasteiger partial charge in [-0.2, -0.15) is 11.8 Å². The van der Waals surface area contributed by atoms with E-state index >= 15 is 0 Å². The van der Waals surface area contributed by atoms with E-state index in [-0.39, 0.29) is 6.09 Å². The molecule has 0 aromatic rings. The van der Waals surface area contributed by atoms with Gasteiger partial charge in [-0.05, 0) is 25.5 Å². The lowest BCUT2D eigenvalue weighted by atomic mass is 9.98. The monoisotopic (exact) mass is 245 g/mol. The highest BCUT2D eigenvalue weighted by molar-refractivity contribution is 7.99. The smallest absolute Gasteiger partial charge is 0.410 e. The number of amides is 1. The number of hydrogen-bond donors (Lipinski definition) is 0. The Balaban J connectivity index is 2.70. The average molecular weight is 245 g/mol. The number of ether oxygens (including phenoxy) is 1. The lowest BCUT2D eigenvalue weighted by Crippen LogP contribution is -2.37. The van der Waals surface area contributed by atoms with Gasteiger partial charge in [0.2, 0.25) is 0 Å². The number of likely N-dealkylation sites (tertiary alicyclic amines) is 1. The van der Waals surface area contributed by atoms with Gasteiger partial charge in [0.05, 0.1) is 6.61 Å². The van der Waals surface area contributed by atoms with Crippen LogP contribution < -0.4 is 0 Å². The van der Waals surface area contributed by atoms with Crippen molar-refractivity contribution in [3.63, 3.8) is 0 Å². The Hall–Kier alpha value is -0.380. The van der Waals surface area contributed by atoms with Crippen LogP contribution in [0, 0.1) is 5.92 Å². The molecule has 0 spiro atoms. The van der Waals surface area contributed by atoms with Crippen molar-refractivity contribution in [2.24, 2.45) is 5.92 Å². The van der Waals surface area contributed by atoms with Crippen molar-refractivity contribution in [1.82, 2.24) is 4.90 Å². The molecule has 0 N–H and O–H groups in total. The maximum Gasteiger partial charge on any atom is 0.410 e. The summed E-state index contributed by atoms with van der Waals surface area (Å²) in [4.78, 5) is 13.8. The predicted molar refractivity (Wildman–Crippen MR) is 68.9 cm³/mol. The number of nitrogens with zero attached hydrogens (tertiary/aromatic N) is 1. The Kier molecular flexibility index (Phi) is 5.46. The fourth-order valence-electron chi connectivity index (χ4n) is 2.45. The summed E-state index contributed by atoms with van der Waals surface area (Å²) < 4.78 is 5.12. The molecule has 0 radical (unpaired) electrons. The van der Waals surface area contributed by atoms with Gasteiger partial charge in [-0.3, -0.25) is 0 Å². The topological polar surface area (TPSA) is 29.5 Å². The molecular weight excluding hydrogens is 222 g/mol. The summed E-state index contributed by atoms with van der Waals surface area (Å²) in [6, 6.07) is 0.362. The van der Waals surface area contributed by atoms with Crippen molar-refractivity contribution >= 4 is 17.9 Å². The summed E-state index contributed by atoms with van der Waals surface area (Å²) in [7, 11) is 0. The third-order valence-corrected chi connectivity index (χ3v) is 4.54. The molecule has 1 aliphatic rings. The molecule has 1 unspecified atom stereocenters. The van der Waals surface area contributed by atoms with E-state index in [4.69, 9.17) is 4.74 Å². The van der Waals surface area contributed by atoms with Crippen LogP contribution in [-0.4, -0.2) is 41.7 Å². The van der Waals surface area contributed by atoms with Crippen LogP contribution in [0.2, 0.25) is 0 Å². The maximum absolute atomic E-state index is 11.8. The van der Waals surface area contributed by atoms with Crippen LogP contribution >= 0.6 is 11.8 Å². The largest absolute Gasteiger partial charge is 0.450 e. The van der Waals surface area contributed by atoms with Crippen LogP contribution in [0.25, 0.3) is 0 Å². The van der Waals surface area contributed by atoms with Crippen molar-refractivity contribution in [1.29, 1.82) is 0 Å². The first-order chi connectivity index (χ1) is 7.65. The van der Waals surface area contributed by atoms with E-state index in [1.54, 1.807) is 0 Å². The van der Waals surface area contributed by atoms with Crippen LogP contribution in [0.5, 0.6) is 0 Å². The molecule has 0 saturated carbocycles. The normalized spacial score (nSPS) is 29.5. The van der Waals surface area contributed by atoms with Crippen molar-refractivity contribution in [2.45, 2.75) is 44.9 Å². The minimum atomic E-state index is -0.135. The lowest BCUT2D eigenvalue weighted by molar-refractivity contribution is 0.0975. The Labute approximate surface area is 103 Å². The third kappa shape index (κ3) is 2.84. The summed E-state index contributed by atoms with van der Waals surface area (Å²) in [5, 5.41) is 0.556. The summed E-state index contributed by atoms with van der Waals surface area (Å²) in [5.74, 6) is 0.569. The Morgan fingerprint density at radius 1 is 1.50 bits per heavy atom. The molecule has 1 amide bonds. The van der Waals surface area contributed by atoms with Crippen molar-refractivity contribution in [3.8, 4) is 0 Å². The second kappa shape index (κ2) is 6.38. The molecule has 4 heteroatoms. The third-order valence-electron chi connectivity index (χ3n) is 3.36. The quantitative estimate of drug-likeness (QED) is 0.762. The number of hydrogen-bond acceptors (Lipinski definition) is 3. The van der Waals surface area contributed by atoms with Crippen molar-refractivity contribution in [3.05, 3.63) is 0 Å². The van der Waals surface area contributed by atoms with Crippen LogP contribution in [0.15, 0.2) is 0 Å². The summed E-state index contributed by atoms with van der Waals surface area (Å²) in [6.07, 6.45) is 4.19. The van der Waals surface area contributed by atoms with E-state index in [1.165, 1.54) is 0 Å². The zero-order valence-corrected chi connectivity index (χ0v) is 11.5. The predicted octanol–water partition coefficient (Wildman–Crippen LogP) is 2.99. The highest BCUT2D eigenvalue weighted by Gasteiger charge is 2.40. The molecule has 94 valence electrons. The van der Waals surface area contributed by atoms with E-state index < -0.39 is 0 Å². The summed E-state index contributed by atoms with van der Waals surface area (Å²) >= 11 is 1.86. The zero-order chi connectivity index (χ0) is 12.1. The summed E-state index contributed by atoms with van der Waals surface area (Å²) in [5.41, 5.74) is 0. The van der Waals surface area contributed by atoms with Crippen molar-refractivity contribution < 1.29 is 9.53 Å². The van der Waals surface area contributed by atoms with Gasteiger partial charge < -0.3 is 9.64 Å². The van der Waals surface area contributed by atoms with E-state index in [2.05, 4.69) is 20.1 Å². The first kappa shape index (κ1) is 13.7. The molecule has 1 rings (SSSR count).